The van der Waals surface area contributed by atoms with Crippen molar-refractivity contribution in [3.63, 3.8) is 0 Å². The van der Waals surface area contributed by atoms with Gasteiger partial charge in [-0.2, -0.15) is 0 Å². The lowest BCUT2D eigenvalue weighted by Gasteiger charge is -2.48. The molecule has 1 saturated heterocycles. The minimum absolute atomic E-state index is 0.0738. The highest BCUT2D eigenvalue weighted by molar-refractivity contribution is 6.10. The fraction of sp³-hybridized carbons (Fsp3) is 0.318. The number of benzene rings is 2. The maximum absolute atomic E-state index is 13.4. The minimum atomic E-state index is -0.840. The summed E-state index contributed by atoms with van der Waals surface area (Å²) in [4.78, 5) is 51.5. The number of ether oxygens (including phenoxy) is 1. The molecule has 2 heterocycles. The molecule has 2 amide bonds. The highest BCUT2D eigenvalue weighted by Crippen LogP contribution is 2.44. The van der Waals surface area contributed by atoms with Crippen molar-refractivity contribution in [1.82, 2.24) is 4.90 Å². The second-order valence-corrected chi connectivity index (χ2v) is 7.87. The zero-order valence-corrected chi connectivity index (χ0v) is 17.2. The Labute approximate surface area is 182 Å². The fourth-order valence-electron chi connectivity index (χ4n) is 4.32. The van der Waals surface area contributed by atoms with Crippen LogP contribution in [0.25, 0.3) is 0 Å². The average Bonchev–Trinajstić information content (AvgIpc) is 3.05. The van der Waals surface area contributed by atoms with Crippen molar-refractivity contribution in [2.24, 2.45) is 0 Å². The van der Waals surface area contributed by atoms with Gasteiger partial charge in [0, 0.05) is 31.5 Å². The van der Waals surface area contributed by atoms with Crippen molar-refractivity contribution in [1.29, 1.82) is 0 Å². The molecule has 0 saturated carbocycles. The number of carbonyl (C=O) groups is 3. The highest BCUT2D eigenvalue weighted by Gasteiger charge is 2.52. The second-order valence-electron chi connectivity index (χ2n) is 7.87. The molecule has 2 aliphatic rings. The molecule has 0 N–H and O–H groups in total. The Morgan fingerprint density at radius 1 is 1.25 bits per heavy atom. The molecule has 2 aromatic carbocycles. The van der Waals surface area contributed by atoms with Crippen LogP contribution in [0.5, 0.6) is 5.75 Å². The molecule has 9 nitrogen and oxygen atoms in total. The summed E-state index contributed by atoms with van der Waals surface area (Å²) in [6.07, 6.45) is 0.822. The topological polar surface area (TPSA) is 110 Å². The standard InChI is InChI=1S/C22H20FN3O6/c1-22-11-10-19(27)25(22)16-6-3-2-5-15(16)21(29)24(22)12-4-7-20(28)32-18-13-14(23)8-9-17(18)26(30)31/h2-3,5-6,8-9,13H,4,7,10-12H2,1H3. The summed E-state index contributed by atoms with van der Waals surface area (Å²) in [6, 6.07) is 9.52. The van der Waals surface area contributed by atoms with Gasteiger partial charge in [0.15, 0.2) is 0 Å². The first kappa shape index (κ1) is 21.4. The molecule has 2 aliphatic heterocycles. The van der Waals surface area contributed by atoms with Crippen LogP contribution in [0.3, 0.4) is 0 Å². The number of esters is 1. The number of nitrogens with zero attached hydrogens (tertiary/aromatic N) is 3. The molecule has 0 spiro atoms. The highest BCUT2D eigenvalue weighted by atomic mass is 19.1. The van der Waals surface area contributed by atoms with Crippen LogP contribution in [0.2, 0.25) is 0 Å². The van der Waals surface area contributed by atoms with Gasteiger partial charge >= 0.3 is 11.7 Å². The number of nitro benzene ring substituents is 1. The van der Waals surface area contributed by atoms with E-state index in [2.05, 4.69) is 0 Å². The van der Waals surface area contributed by atoms with Gasteiger partial charge < -0.3 is 9.64 Å². The van der Waals surface area contributed by atoms with E-state index in [-0.39, 0.29) is 31.2 Å². The number of carbonyl (C=O) groups excluding carboxylic acids is 3. The summed E-state index contributed by atoms with van der Waals surface area (Å²) in [6.45, 7) is 1.99. The largest absolute Gasteiger partial charge is 0.419 e. The first-order valence-electron chi connectivity index (χ1n) is 10.1. The molecule has 0 bridgehead atoms. The Kier molecular flexibility index (Phi) is 5.37. The van der Waals surface area contributed by atoms with Gasteiger partial charge in [-0.1, -0.05) is 12.1 Å². The Bertz CT molecular complexity index is 1140. The van der Waals surface area contributed by atoms with Crippen LogP contribution in [-0.4, -0.2) is 39.8 Å². The third kappa shape index (κ3) is 3.57. The predicted molar refractivity (Wildman–Crippen MR) is 111 cm³/mol. The lowest BCUT2D eigenvalue weighted by atomic mass is 9.98. The zero-order valence-electron chi connectivity index (χ0n) is 17.2. The monoisotopic (exact) mass is 441 g/mol. The summed E-state index contributed by atoms with van der Waals surface area (Å²) in [5.41, 5.74) is -0.363. The van der Waals surface area contributed by atoms with Gasteiger partial charge in [-0.05, 0) is 38.0 Å². The van der Waals surface area contributed by atoms with E-state index >= 15 is 0 Å². The molecular weight excluding hydrogens is 421 g/mol. The Morgan fingerprint density at radius 3 is 2.75 bits per heavy atom. The molecule has 0 aromatic heterocycles. The van der Waals surface area contributed by atoms with Crippen molar-refractivity contribution in [3.05, 3.63) is 64.0 Å². The molecule has 1 atom stereocenters. The van der Waals surface area contributed by atoms with Crippen LogP contribution >= 0.6 is 0 Å². The van der Waals surface area contributed by atoms with E-state index in [9.17, 15) is 28.9 Å². The molecule has 4 rings (SSSR count). The lowest BCUT2D eigenvalue weighted by molar-refractivity contribution is -0.385. The summed E-state index contributed by atoms with van der Waals surface area (Å²) >= 11 is 0. The van der Waals surface area contributed by atoms with Gasteiger partial charge in [-0.15, -0.1) is 0 Å². The maximum Gasteiger partial charge on any atom is 0.311 e. The van der Waals surface area contributed by atoms with E-state index < -0.39 is 33.8 Å². The third-order valence-corrected chi connectivity index (χ3v) is 5.85. The number of nitro groups is 1. The number of para-hydroxylation sites is 1. The van der Waals surface area contributed by atoms with Crippen LogP contribution < -0.4 is 9.64 Å². The fourth-order valence-corrected chi connectivity index (χ4v) is 4.32. The number of anilines is 1. The normalized spacial score (nSPS) is 19.6. The van der Waals surface area contributed by atoms with Gasteiger partial charge in [-0.3, -0.25) is 29.4 Å². The second kappa shape index (κ2) is 8.03. The van der Waals surface area contributed by atoms with Crippen LogP contribution in [-0.2, 0) is 9.59 Å². The van der Waals surface area contributed by atoms with E-state index in [1.165, 1.54) is 0 Å². The third-order valence-electron chi connectivity index (χ3n) is 5.85. The summed E-state index contributed by atoms with van der Waals surface area (Å²) in [5, 5.41) is 11.1. The van der Waals surface area contributed by atoms with E-state index in [1.54, 1.807) is 34.1 Å². The smallest absolute Gasteiger partial charge is 0.311 e. The number of fused-ring (bicyclic) bond motifs is 3. The number of rotatable bonds is 6. The molecule has 0 aliphatic carbocycles. The Morgan fingerprint density at radius 2 is 2.00 bits per heavy atom. The number of hydrogen-bond acceptors (Lipinski definition) is 6. The molecule has 10 heteroatoms. The molecule has 2 aromatic rings. The molecular formula is C22H20FN3O6. The van der Waals surface area contributed by atoms with E-state index in [4.69, 9.17) is 4.74 Å². The zero-order chi connectivity index (χ0) is 23.0. The van der Waals surface area contributed by atoms with Crippen LogP contribution in [0.15, 0.2) is 42.5 Å². The first-order chi connectivity index (χ1) is 15.2. The molecule has 1 fully saturated rings. The van der Waals surface area contributed by atoms with E-state index in [1.807, 2.05) is 6.92 Å². The van der Waals surface area contributed by atoms with Crippen molar-refractivity contribution in [2.75, 3.05) is 11.4 Å². The number of halogens is 1. The van der Waals surface area contributed by atoms with Crippen molar-refractivity contribution >= 4 is 29.2 Å². The van der Waals surface area contributed by atoms with Crippen molar-refractivity contribution in [2.45, 2.75) is 38.3 Å². The van der Waals surface area contributed by atoms with Crippen LogP contribution in [0.1, 0.15) is 43.0 Å². The van der Waals surface area contributed by atoms with E-state index in [0.29, 0.717) is 24.1 Å². The first-order valence-corrected chi connectivity index (χ1v) is 10.1. The van der Waals surface area contributed by atoms with Crippen molar-refractivity contribution < 1.29 is 28.4 Å². The van der Waals surface area contributed by atoms with Gasteiger partial charge in [-0.25, -0.2) is 4.39 Å². The molecule has 1 unspecified atom stereocenters. The lowest BCUT2D eigenvalue weighted by Crippen LogP contribution is -2.62. The Balaban J connectivity index is 1.47. The molecule has 32 heavy (non-hydrogen) atoms. The molecule has 166 valence electrons. The van der Waals surface area contributed by atoms with Crippen LogP contribution in [0.4, 0.5) is 15.8 Å². The maximum atomic E-state index is 13.4. The average molecular weight is 441 g/mol. The Hall–Kier alpha value is -3.82. The quantitative estimate of drug-likeness (QED) is 0.294. The SMILES string of the molecule is CC12CCC(=O)N1c1ccccc1C(=O)N2CCCC(=O)Oc1cc(F)ccc1[N+](=O)[O-]. The van der Waals surface area contributed by atoms with E-state index in [0.717, 1.165) is 18.2 Å². The van der Waals surface area contributed by atoms with Crippen LogP contribution in [0, 0.1) is 15.9 Å². The van der Waals surface area contributed by atoms with Gasteiger partial charge in [0.05, 0.1) is 16.2 Å². The number of amides is 2. The van der Waals surface area contributed by atoms with Gasteiger partial charge in [0.2, 0.25) is 11.7 Å². The summed E-state index contributed by atoms with van der Waals surface area (Å²) in [7, 11) is 0. The minimum Gasteiger partial charge on any atom is -0.419 e. The number of hydrogen-bond donors (Lipinski definition) is 0. The van der Waals surface area contributed by atoms with Gasteiger partial charge in [0.25, 0.3) is 5.91 Å². The van der Waals surface area contributed by atoms with Crippen molar-refractivity contribution in [3.8, 4) is 5.75 Å². The predicted octanol–water partition coefficient (Wildman–Crippen LogP) is 3.42. The summed E-state index contributed by atoms with van der Waals surface area (Å²) in [5.74, 6) is -2.33. The van der Waals surface area contributed by atoms with Gasteiger partial charge in [0.1, 0.15) is 11.5 Å². The summed E-state index contributed by atoms with van der Waals surface area (Å²) < 4.78 is 18.4. The molecule has 0 radical (unpaired) electrons.